The van der Waals surface area contributed by atoms with Gasteiger partial charge in [0, 0.05) is 16.9 Å². The molecule has 1 fully saturated rings. The Morgan fingerprint density at radius 3 is 2.58 bits per heavy atom. The fourth-order valence-electron chi connectivity index (χ4n) is 4.18. The molecule has 5 heteroatoms. The molecule has 1 heterocycles. The van der Waals surface area contributed by atoms with Gasteiger partial charge in [-0.05, 0) is 73.7 Å². The average Bonchev–Trinajstić information content (AvgIpc) is 3.19. The van der Waals surface area contributed by atoms with Gasteiger partial charge in [-0.3, -0.25) is 14.5 Å². The van der Waals surface area contributed by atoms with Crippen LogP contribution in [-0.4, -0.2) is 17.6 Å². The predicted octanol–water partition coefficient (Wildman–Crippen LogP) is 6.68. The molecular formula is C28H30N2O2S. The van der Waals surface area contributed by atoms with Gasteiger partial charge in [0.15, 0.2) is 0 Å². The summed E-state index contributed by atoms with van der Waals surface area (Å²) in [4.78, 5) is 27.5. The summed E-state index contributed by atoms with van der Waals surface area (Å²) in [5.74, 6) is 0.420. The Balaban J connectivity index is 1.52. The molecule has 3 aromatic rings. The molecule has 3 aromatic carbocycles. The van der Waals surface area contributed by atoms with Crippen LogP contribution in [0.15, 0.2) is 66.7 Å². The number of carbonyl (C=O) groups excluding carboxylic acids is 2. The molecule has 4 nitrogen and oxygen atoms in total. The van der Waals surface area contributed by atoms with Gasteiger partial charge in [-0.15, -0.1) is 11.8 Å². The summed E-state index contributed by atoms with van der Waals surface area (Å²) in [6.45, 7) is 6.27. The van der Waals surface area contributed by atoms with E-state index in [4.69, 9.17) is 0 Å². The van der Waals surface area contributed by atoms with E-state index in [0.717, 1.165) is 41.8 Å². The van der Waals surface area contributed by atoms with Gasteiger partial charge in [0.1, 0.15) is 5.37 Å². The van der Waals surface area contributed by atoms with Gasteiger partial charge in [0.25, 0.3) is 5.91 Å². The van der Waals surface area contributed by atoms with Crippen LogP contribution in [0.25, 0.3) is 0 Å². The normalized spacial score (nSPS) is 15.7. The molecule has 0 bridgehead atoms. The Morgan fingerprint density at radius 2 is 1.85 bits per heavy atom. The van der Waals surface area contributed by atoms with Crippen LogP contribution in [0.5, 0.6) is 0 Å². The van der Waals surface area contributed by atoms with E-state index >= 15 is 0 Å². The number of carbonyl (C=O) groups is 2. The highest BCUT2D eigenvalue weighted by Gasteiger charge is 2.34. The van der Waals surface area contributed by atoms with Crippen molar-refractivity contribution in [3.05, 3.63) is 94.5 Å². The van der Waals surface area contributed by atoms with E-state index in [-0.39, 0.29) is 17.2 Å². The molecule has 1 aliphatic heterocycles. The van der Waals surface area contributed by atoms with E-state index in [1.807, 2.05) is 72.5 Å². The second kappa shape index (κ2) is 10.3. The highest BCUT2D eigenvalue weighted by molar-refractivity contribution is 8.00. The first-order valence-electron chi connectivity index (χ1n) is 11.5. The van der Waals surface area contributed by atoms with Crippen LogP contribution in [0, 0.1) is 13.8 Å². The van der Waals surface area contributed by atoms with Gasteiger partial charge in [0.2, 0.25) is 5.91 Å². The van der Waals surface area contributed by atoms with E-state index in [1.54, 1.807) is 11.8 Å². The molecule has 0 unspecified atom stereocenters. The molecular weight excluding hydrogens is 428 g/mol. The van der Waals surface area contributed by atoms with Crippen LogP contribution < -0.4 is 10.2 Å². The maximum absolute atomic E-state index is 12.8. The Bertz CT molecular complexity index is 1160. The van der Waals surface area contributed by atoms with Gasteiger partial charge in [-0.1, -0.05) is 55.3 Å². The summed E-state index contributed by atoms with van der Waals surface area (Å²) in [6.07, 6.45) is 3.35. The first-order chi connectivity index (χ1) is 16.0. The number of hydrogen-bond acceptors (Lipinski definition) is 3. The van der Waals surface area contributed by atoms with Crippen LogP contribution >= 0.6 is 11.8 Å². The summed E-state index contributed by atoms with van der Waals surface area (Å²) >= 11 is 1.62. The molecule has 1 atom stereocenters. The minimum absolute atomic E-state index is 0.106. The molecule has 0 aliphatic carbocycles. The summed E-state index contributed by atoms with van der Waals surface area (Å²) in [6, 6.07) is 21.8. The third-order valence-electron chi connectivity index (χ3n) is 5.94. The second-order valence-corrected chi connectivity index (χ2v) is 9.67. The molecule has 0 radical (unpaired) electrons. The molecule has 1 aliphatic rings. The van der Waals surface area contributed by atoms with E-state index in [0.29, 0.717) is 11.3 Å². The van der Waals surface area contributed by atoms with Crippen molar-refractivity contribution in [2.45, 2.75) is 45.4 Å². The summed E-state index contributed by atoms with van der Waals surface area (Å²) in [5, 5.41) is 2.90. The van der Waals surface area contributed by atoms with Crippen LogP contribution in [0.2, 0.25) is 0 Å². The lowest BCUT2D eigenvalue weighted by Gasteiger charge is -2.26. The van der Waals surface area contributed by atoms with E-state index in [9.17, 15) is 9.59 Å². The smallest absolute Gasteiger partial charge is 0.255 e. The first kappa shape index (κ1) is 23.1. The first-order valence-corrected chi connectivity index (χ1v) is 12.5. The zero-order valence-corrected chi connectivity index (χ0v) is 20.2. The summed E-state index contributed by atoms with van der Waals surface area (Å²) < 4.78 is 0. The fraction of sp³-hybridized carbons (Fsp3) is 0.286. The Kier molecular flexibility index (Phi) is 7.19. The number of thioether (sulfide) groups is 1. The average molecular weight is 459 g/mol. The molecule has 1 N–H and O–H groups in total. The van der Waals surface area contributed by atoms with Crippen molar-refractivity contribution in [3.63, 3.8) is 0 Å². The summed E-state index contributed by atoms with van der Waals surface area (Å²) in [5.41, 5.74) is 6.83. The van der Waals surface area contributed by atoms with E-state index in [2.05, 4.69) is 25.2 Å². The van der Waals surface area contributed by atoms with Gasteiger partial charge in [0.05, 0.1) is 5.75 Å². The van der Waals surface area contributed by atoms with Crippen molar-refractivity contribution in [2.24, 2.45) is 0 Å². The van der Waals surface area contributed by atoms with Crippen LogP contribution in [-0.2, 0) is 11.2 Å². The molecule has 2 amide bonds. The highest BCUT2D eigenvalue weighted by atomic mass is 32.2. The molecule has 1 saturated heterocycles. The van der Waals surface area contributed by atoms with Gasteiger partial charge >= 0.3 is 0 Å². The third kappa shape index (κ3) is 5.31. The van der Waals surface area contributed by atoms with Crippen LogP contribution in [0.4, 0.5) is 11.4 Å². The zero-order chi connectivity index (χ0) is 23.4. The number of rotatable bonds is 7. The van der Waals surface area contributed by atoms with Crippen molar-refractivity contribution in [3.8, 4) is 0 Å². The topological polar surface area (TPSA) is 49.4 Å². The molecule has 170 valence electrons. The Morgan fingerprint density at radius 1 is 1.06 bits per heavy atom. The number of benzene rings is 3. The second-order valence-electron chi connectivity index (χ2n) is 8.60. The van der Waals surface area contributed by atoms with Crippen molar-refractivity contribution in [1.29, 1.82) is 0 Å². The minimum Gasteiger partial charge on any atom is -0.322 e. The standard InChI is InChI=1S/C28H30N2O2S/c1-4-5-7-21-11-13-22(14-12-21)27(32)29-24-9-6-8-23(17-24)28-30(26(31)18-33-28)25-15-10-19(2)16-20(25)3/h6,8-17,28H,4-5,7,18H2,1-3H3,(H,29,32)/t28-/m0/s1. The lowest BCUT2D eigenvalue weighted by Crippen LogP contribution is -2.28. The predicted molar refractivity (Wildman–Crippen MR) is 138 cm³/mol. The van der Waals surface area contributed by atoms with Crippen molar-refractivity contribution in [2.75, 3.05) is 16.0 Å². The number of aryl methyl sites for hydroxylation is 3. The number of amides is 2. The summed E-state index contributed by atoms with van der Waals surface area (Å²) in [7, 11) is 0. The zero-order valence-electron chi connectivity index (χ0n) is 19.4. The van der Waals surface area contributed by atoms with E-state index < -0.39 is 0 Å². The Labute approximate surface area is 200 Å². The van der Waals surface area contributed by atoms with E-state index in [1.165, 1.54) is 11.1 Å². The highest BCUT2D eigenvalue weighted by Crippen LogP contribution is 2.43. The van der Waals surface area contributed by atoms with Gasteiger partial charge in [-0.2, -0.15) is 0 Å². The Hall–Kier alpha value is -3.05. The van der Waals surface area contributed by atoms with Gasteiger partial charge < -0.3 is 5.32 Å². The minimum atomic E-state index is -0.129. The van der Waals surface area contributed by atoms with Crippen molar-refractivity contribution >= 4 is 35.0 Å². The van der Waals surface area contributed by atoms with Gasteiger partial charge in [-0.25, -0.2) is 0 Å². The molecule has 4 rings (SSSR count). The van der Waals surface area contributed by atoms with Crippen molar-refractivity contribution in [1.82, 2.24) is 0 Å². The number of nitrogens with one attached hydrogen (secondary N) is 1. The lowest BCUT2D eigenvalue weighted by atomic mass is 10.1. The number of anilines is 2. The molecule has 0 spiro atoms. The fourth-order valence-corrected chi connectivity index (χ4v) is 5.34. The quantitative estimate of drug-likeness (QED) is 0.430. The molecule has 0 aromatic heterocycles. The molecule has 0 saturated carbocycles. The largest absolute Gasteiger partial charge is 0.322 e. The maximum Gasteiger partial charge on any atom is 0.255 e. The van der Waals surface area contributed by atoms with Crippen LogP contribution in [0.3, 0.4) is 0 Å². The van der Waals surface area contributed by atoms with Crippen LogP contribution in [0.1, 0.15) is 57.8 Å². The monoisotopic (exact) mass is 458 g/mol. The molecule has 33 heavy (non-hydrogen) atoms. The number of nitrogens with zero attached hydrogens (tertiary/aromatic N) is 1. The number of unbranched alkanes of at least 4 members (excludes halogenated alkanes) is 1. The lowest BCUT2D eigenvalue weighted by molar-refractivity contribution is -0.115. The maximum atomic E-state index is 12.8. The number of hydrogen-bond donors (Lipinski definition) is 1. The van der Waals surface area contributed by atoms with Crippen molar-refractivity contribution < 1.29 is 9.59 Å². The third-order valence-corrected chi connectivity index (χ3v) is 7.16. The SMILES string of the molecule is CCCCc1ccc(C(=O)Nc2cccc([C@@H]3SCC(=O)N3c3ccc(C)cc3C)c2)cc1.